The highest BCUT2D eigenvalue weighted by molar-refractivity contribution is 5.78. The summed E-state index contributed by atoms with van der Waals surface area (Å²) in [6, 6.07) is 24.6. The Morgan fingerprint density at radius 1 is 0.833 bits per heavy atom. The van der Waals surface area contributed by atoms with E-state index in [0.29, 0.717) is 0 Å². The van der Waals surface area contributed by atoms with Crippen LogP contribution in [0, 0.1) is 0 Å². The lowest BCUT2D eigenvalue weighted by Gasteiger charge is -2.00. The first-order valence-electron chi connectivity index (χ1n) is 7.92. The highest BCUT2D eigenvalue weighted by atomic mass is 15.2. The van der Waals surface area contributed by atoms with Crippen molar-refractivity contribution in [3.05, 3.63) is 85.2 Å². The second-order valence-electron chi connectivity index (χ2n) is 5.75. The second-order valence-corrected chi connectivity index (χ2v) is 5.75. The molecule has 0 radical (unpaired) electrons. The Morgan fingerprint density at radius 2 is 1.67 bits per heavy atom. The van der Waals surface area contributed by atoms with Crippen molar-refractivity contribution in [3.8, 4) is 17.1 Å². The molecule has 5 aromatic rings. The van der Waals surface area contributed by atoms with Gasteiger partial charge in [-0.25, -0.2) is 4.40 Å². The van der Waals surface area contributed by atoms with Gasteiger partial charge in [-0.3, -0.25) is 4.98 Å². The number of pyridine rings is 1. The lowest BCUT2D eigenvalue weighted by Crippen LogP contribution is -2.30. The van der Waals surface area contributed by atoms with Gasteiger partial charge >= 0.3 is 5.78 Å². The number of para-hydroxylation sites is 2. The molecule has 1 N–H and O–H groups in total. The lowest BCUT2D eigenvalue weighted by atomic mass is 10.1. The van der Waals surface area contributed by atoms with Crippen LogP contribution in [0.3, 0.4) is 0 Å². The number of aromatic amines is 1. The van der Waals surface area contributed by atoms with Crippen LogP contribution in [-0.4, -0.2) is 14.4 Å². The van der Waals surface area contributed by atoms with Crippen LogP contribution in [0.15, 0.2) is 85.2 Å². The smallest absolute Gasteiger partial charge is 0.261 e. The number of fused-ring (bicyclic) bond motifs is 3. The van der Waals surface area contributed by atoms with Gasteiger partial charge in [0.15, 0.2) is 0 Å². The Hall–Kier alpha value is -3.40. The molecule has 0 unspecified atom stereocenters. The van der Waals surface area contributed by atoms with Crippen LogP contribution in [-0.2, 0) is 0 Å². The van der Waals surface area contributed by atoms with E-state index in [1.165, 1.54) is 0 Å². The summed E-state index contributed by atoms with van der Waals surface area (Å²) in [5.41, 5.74) is 4.36. The van der Waals surface area contributed by atoms with Gasteiger partial charge in [0.05, 0.1) is 12.4 Å². The molecule has 0 aliphatic heterocycles. The molecule has 0 fully saturated rings. The fourth-order valence-electron chi connectivity index (χ4n) is 3.13. The molecule has 0 saturated carbocycles. The van der Waals surface area contributed by atoms with Gasteiger partial charge in [-0.1, -0.05) is 48.5 Å². The SMILES string of the molecule is c1ccc(-c2cccc(-[n+]3ccn4c5ccccc5[nH]c43)n2)cc1. The van der Waals surface area contributed by atoms with Gasteiger partial charge in [0, 0.05) is 11.6 Å². The Kier molecular flexibility index (Phi) is 2.76. The molecule has 4 nitrogen and oxygen atoms in total. The molecule has 0 spiro atoms. The predicted molar refractivity (Wildman–Crippen MR) is 94.0 cm³/mol. The van der Waals surface area contributed by atoms with Crippen LogP contribution in [0.4, 0.5) is 0 Å². The van der Waals surface area contributed by atoms with Gasteiger partial charge in [0.25, 0.3) is 0 Å². The minimum atomic E-state index is 0.894. The molecular weight excluding hydrogens is 296 g/mol. The zero-order chi connectivity index (χ0) is 15.9. The van der Waals surface area contributed by atoms with Crippen LogP contribution in [0.2, 0.25) is 0 Å². The highest BCUT2D eigenvalue weighted by Crippen LogP contribution is 2.18. The maximum atomic E-state index is 4.84. The van der Waals surface area contributed by atoms with E-state index in [4.69, 9.17) is 4.98 Å². The Bertz CT molecular complexity index is 1150. The number of imidazole rings is 2. The van der Waals surface area contributed by atoms with Crippen molar-refractivity contribution in [1.29, 1.82) is 0 Å². The summed E-state index contributed by atoms with van der Waals surface area (Å²) in [6.45, 7) is 0. The number of nitrogens with one attached hydrogen (secondary N) is 1. The third-order valence-electron chi connectivity index (χ3n) is 4.28. The average molecular weight is 311 g/mol. The van der Waals surface area contributed by atoms with E-state index in [2.05, 4.69) is 44.4 Å². The van der Waals surface area contributed by atoms with Gasteiger partial charge in [-0.2, -0.15) is 4.57 Å². The second kappa shape index (κ2) is 5.06. The molecule has 0 bridgehead atoms. The summed E-state index contributed by atoms with van der Waals surface area (Å²) in [4.78, 5) is 8.31. The maximum absolute atomic E-state index is 4.84. The molecule has 24 heavy (non-hydrogen) atoms. The fraction of sp³-hybridized carbons (Fsp3) is 0. The third kappa shape index (κ3) is 1.93. The summed E-state index contributed by atoms with van der Waals surface area (Å²) < 4.78 is 4.22. The minimum Gasteiger partial charge on any atom is -0.261 e. The molecule has 2 aromatic carbocycles. The van der Waals surface area contributed by atoms with Crippen molar-refractivity contribution < 1.29 is 4.57 Å². The number of aromatic nitrogens is 4. The van der Waals surface area contributed by atoms with Gasteiger partial charge < -0.3 is 0 Å². The van der Waals surface area contributed by atoms with Crippen molar-refractivity contribution in [2.45, 2.75) is 0 Å². The number of benzene rings is 2. The van der Waals surface area contributed by atoms with Crippen molar-refractivity contribution in [2.75, 3.05) is 0 Å². The Labute approximate surface area is 138 Å². The summed E-state index contributed by atoms with van der Waals surface area (Å²) in [7, 11) is 0. The first-order valence-corrected chi connectivity index (χ1v) is 7.92. The van der Waals surface area contributed by atoms with Crippen molar-refractivity contribution >= 4 is 16.8 Å². The van der Waals surface area contributed by atoms with Crippen LogP contribution in [0.1, 0.15) is 0 Å². The van der Waals surface area contributed by atoms with E-state index in [1.54, 1.807) is 0 Å². The Balaban J connectivity index is 1.70. The van der Waals surface area contributed by atoms with Crippen LogP contribution in [0.5, 0.6) is 0 Å². The summed E-state index contributed by atoms with van der Waals surface area (Å²) in [5, 5.41) is 0. The first-order chi connectivity index (χ1) is 11.9. The van der Waals surface area contributed by atoms with Gasteiger partial charge in [0.1, 0.15) is 16.7 Å². The maximum Gasteiger partial charge on any atom is 0.331 e. The zero-order valence-electron chi connectivity index (χ0n) is 12.9. The normalized spacial score (nSPS) is 11.3. The van der Waals surface area contributed by atoms with Crippen molar-refractivity contribution in [2.24, 2.45) is 0 Å². The number of rotatable bonds is 2. The zero-order valence-corrected chi connectivity index (χ0v) is 12.9. The van der Waals surface area contributed by atoms with Crippen LogP contribution < -0.4 is 4.57 Å². The van der Waals surface area contributed by atoms with Gasteiger partial charge in [-0.15, -0.1) is 4.98 Å². The number of hydrogen-bond acceptors (Lipinski definition) is 1. The average Bonchev–Trinajstić information content (AvgIpc) is 3.22. The van der Waals surface area contributed by atoms with E-state index in [9.17, 15) is 0 Å². The van der Waals surface area contributed by atoms with Crippen LogP contribution in [0.25, 0.3) is 33.9 Å². The summed E-state index contributed by atoms with van der Waals surface area (Å²) in [6.07, 6.45) is 4.10. The molecular formula is C20H15N4+. The quantitative estimate of drug-likeness (QED) is 0.495. The minimum absolute atomic E-state index is 0.894. The molecule has 114 valence electrons. The largest absolute Gasteiger partial charge is 0.331 e. The van der Waals surface area contributed by atoms with E-state index < -0.39 is 0 Å². The number of H-pyrrole nitrogens is 1. The molecule has 3 aromatic heterocycles. The first kappa shape index (κ1) is 13.1. The molecule has 0 atom stereocenters. The molecule has 0 aliphatic carbocycles. The standard InChI is InChI=1S/C20H14N4/c1-2-7-15(8-3-1)16-10-6-12-19(21-16)24-14-13-23-18-11-5-4-9-17(18)22-20(23)24/h1-14H/p+1. The summed E-state index contributed by atoms with van der Waals surface area (Å²) >= 11 is 0. The monoisotopic (exact) mass is 311 g/mol. The van der Waals surface area contributed by atoms with Crippen molar-refractivity contribution in [3.63, 3.8) is 0 Å². The highest BCUT2D eigenvalue weighted by Gasteiger charge is 2.16. The third-order valence-corrected chi connectivity index (χ3v) is 4.28. The van der Waals surface area contributed by atoms with Crippen LogP contribution >= 0.6 is 0 Å². The van der Waals surface area contributed by atoms with E-state index in [1.807, 2.05) is 54.7 Å². The Morgan fingerprint density at radius 3 is 2.58 bits per heavy atom. The molecule has 4 heteroatoms. The van der Waals surface area contributed by atoms with E-state index in [-0.39, 0.29) is 0 Å². The molecule has 5 rings (SSSR count). The molecule has 0 aliphatic rings. The molecule has 3 heterocycles. The van der Waals surface area contributed by atoms with Crippen molar-refractivity contribution in [1.82, 2.24) is 14.4 Å². The van der Waals surface area contributed by atoms with Gasteiger partial charge in [0.2, 0.25) is 5.82 Å². The van der Waals surface area contributed by atoms with Gasteiger partial charge in [-0.05, 0) is 18.2 Å². The number of hydrogen-bond donors (Lipinski definition) is 1. The van der Waals surface area contributed by atoms with E-state index in [0.717, 1.165) is 33.9 Å². The lowest BCUT2D eigenvalue weighted by molar-refractivity contribution is -0.572. The molecule has 0 amide bonds. The van der Waals surface area contributed by atoms with E-state index >= 15 is 0 Å². The summed E-state index contributed by atoms with van der Waals surface area (Å²) in [5.74, 6) is 1.89. The predicted octanol–water partition coefficient (Wildman–Crippen LogP) is 3.76. The topological polar surface area (TPSA) is 37.0 Å². The molecule has 0 saturated heterocycles. The number of nitrogens with zero attached hydrogens (tertiary/aromatic N) is 3. The fourth-order valence-corrected chi connectivity index (χ4v) is 3.13.